The van der Waals surface area contributed by atoms with Crippen LogP contribution < -0.4 is 4.72 Å². The summed E-state index contributed by atoms with van der Waals surface area (Å²) in [6.07, 6.45) is -8.92. The van der Waals surface area contributed by atoms with Gasteiger partial charge in [0.25, 0.3) is 10.0 Å². The van der Waals surface area contributed by atoms with Crippen molar-refractivity contribution in [2.75, 3.05) is 34.2 Å². The van der Waals surface area contributed by atoms with E-state index in [-0.39, 0.29) is 11.0 Å². The van der Waals surface area contributed by atoms with Crippen LogP contribution in [0.3, 0.4) is 0 Å². The van der Waals surface area contributed by atoms with Gasteiger partial charge in [0.05, 0.1) is 27.7 Å². The lowest BCUT2D eigenvalue weighted by molar-refractivity contribution is -0.870. The average Bonchev–Trinajstić information content (AvgIpc) is 2.83. The third kappa shape index (κ3) is 6.19. The van der Waals surface area contributed by atoms with Gasteiger partial charge in [-0.3, -0.25) is 0 Å². The highest BCUT2D eigenvalue weighted by molar-refractivity contribution is 7.90. The Morgan fingerprint density at radius 2 is 0.646 bits per heavy atom. The first-order valence-corrected chi connectivity index (χ1v) is 12.7. The molecule has 1 N–H and O–H groups in total. The molecule has 30 heteroatoms. The number of rotatable bonds is 16. The highest BCUT2D eigenvalue weighted by Gasteiger charge is 3.00. The minimum atomic E-state index is -9.73. The number of hydrogen-bond acceptors (Lipinski definition) is 2. The molecule has 0 unspecified atom stereocenters. The summed E-state index contributed by atoms with van der Waals surface area (Å²) >= 11 is 0. The van der Waals surface area contributed by atoms with E-state index in [9.17, 15) is 118 Å². The fourth-order valence-corrected chi connectivity index (χ4v) is 4.02. The van der Waals surface area contributed by atoms with Gasteiger partial charge in [0.1, 0.15) is 0 Å². The molecule has 290 valence electrons. The molecule has 0 saturated heterocycles. The first-order chi connectivity index (χ1) is 20.2. The van der Waals surface area contributed by atoms with Gasteiger partial charge in [0.15, 0.2) is 0 Å². The van der Waals surface area contributed by atoms with Gasteiger partial charge in [-0.05, 0) is 0 Å². The van der Waals surface area contributed by atoms with Crippen LogP contribution in [0.5, 0.6) is 0 Å². The molecular weight excluding hydrogens is 783 g/mol. The number of sulfonamides is 1. The summed E-state index contributed by atoms with van der Waals surface area (Å²) in [4.78, 5) is 0. The van der Waals surface area contributed by atoms with E-state index in [0.717, 1.165) is 0 Å². The van der Waals surface area contributed by atoms with Gasteiger partial charge < -0.3 is 4.48 Å². The molecule has 0 aromatic heterocycles. The van der Waals surface area contributed by atoms with E-state index in [2.05, 4.69) is 0 Å². The summed E-state index contributed by atoms with van der Waals surface area (Å²) in [5.41, 5.74) is 0. The number of alkyl halides is 25. The van der Waals surface area contributed by atoms with Crippen molar-refractivity contribution >= 4 is 10.0 Å². The van der Waals surface area contributed by atoms with Gasteiger partial charge in [-0.15, -0.1) is 0 Å². The normalized spacial score (nSPS) is 16.8. The van der Waals surface area contributed by atoms with Gasteiger partial charge in [0, 0.05) is 13.0 Å². The first kappa shape index (κ1) is 46.1. The van der Waals surface area contributed by atoms with Crippen LogP contribution in [0.4, 0.5) is 110 Å². The van der Waals surface area contributed by atoms with Crippen molar-refractivity contribution in [1.29, 1.82) is 0 Å². The van der Waals surface area contributed by atoms with Crippen LogP contribution in [0.15, 0.2) is 0 Å². The molecule has 48 heavy (non-hydrogen) atoms. The van der Waals surface area contributed by atoms with Crippen molar-refractivity contribution in [2.45, 2.75) is 77.1 Å². The Morgan fingerprint density at radius 3 is 0.875 bits per heavy atom. The number of nitrogens with one attached hydrogen (secondary N) is 1. The second-order valence-electron chi connectivity index (χ2n) is 10.5. The number of halogens is 25. The monoisotopic (exact) mass is 799 g/mol. The highest BCUT2D eigenvalue weighted by atomic mass is 32.2. The predicted octanol–water partition coefficient (Wildman–Crippen LogP) is 7.51. The SMILES string of the molecule is C[N+](C)(C)CCCNS(=O)(=O)C(F)(F)C(F)(F)C(F)(F)C(F)(F)C(F)(F)C(F)(F)C(F)(F)C(F)(F)C(F)(F)C(F)(F)C(F)(F)C(F)(F)F. The van der Waals surface area contributed by atoms with E-state index in [1.54, 1.807) is 0 Å². The topological polar surface area (TPSA) is 46.2 Å². The third-order valence-electron chi connectivity index (χ3n) is 5.91. The lowest BCUT2D eigenvalue weighted by Gasteiger charge is -2.45. The summed E-state index contributed by atoms with van der Waals surface area (Å²) in [6.45, 7) is -1.79. The zero-order chi connectivity index (χ0) is 39.8. The molecular formula is C18H16F25N2O2S+. The molecule has 0 fully saturated rings. The lowest BCUT2D eigenvalue weighted by atomic mass is 9.85. The molecule has 0 rings (SSSR count). The summed E-state index contributed by atoms with van der Waals surface area (Å²) in [6, 6.07) is 0. The smallest absolute Gasteiger partial charge is 0.331 e. The Bertz CT molecular complexity index is 1260. The maximum atomic E-state index is 14.0. The Labute approximate surface area is 249 Å². The van der Waals surface area contributed by atoms with Crippen molar-refractivity contribution in [1.82, 2.24) is 4.72 Å². The average molecular weight is 799 g/mol. The largest absolute Gasteiger partial charge is 0.460 e. The van der Waals surface area contributed by atoms with E-state index in [0.29, 0.717) is 4.72 Å². The summed E-state index contributed by atoms with van der Waals surface area (Å²) in [5, 5.41) is -7.90. The van der Waals surface area contributed by atoms with Crippen molar-refractivity contribution in [3.05, 3.63) is 0 Å². The third-order valence-corrected chi connectivity index (χ3v) is 7.42. The van der Waals surface area contributed by atoms with Crippen LogP contribution in [-0.2, 0) is 10.0 Å². The highest BCUT2D eigenvalue weighted by Crippen LogP contribution is 2.68. The van der Waals surface area contributed by atoms with Crippen molar-refractivity contribution in [2.24, 2.45) is 0 Å². The fraction of sp³-hybridized carbons (Fsp3) is 1.00. The molecule has 0 radical (unpaired) electrons. The number of quaternary nitrogens is 1. The fourth-order valence-electron chi connectivity index (χ4n) is 2.96. The zero-order valence-corrected chi connectivity index (χ0v) is 23.6. The van der Waals surface area contributed by atoms with Gasteiger partial charge in [-0.1, -0.05) is 0 Å². The molecule has 0 bridgehead atoms. The van der Waals surface area contributed by atoms with Crippen LogP contribution in [0.25, 0.3) is 0 Å². The van der Waals surface area contributed by atoms with Crippen LogP contribution in [-0.4, -0.2) is 118 Å². The molecule has 0 aliphatic carbocycles. The summed E-state index contributed by atoms with van der Waals surface area (Å²) in [5.74, 6) is -93.5. The van der Waals surface area contributed by atoms with Crippen molar-refractivity contribution in [3.63, 3.8) is 0 Å². The molecule has 4 nitrogen and oxygen atoms in total. The maximum absolute atomic E-state index is 14.0. The van der Waals surface area contributed by atoms with Gasteiger partial charge in [-0.25, -0.2) is 13.1 Å². The molecule has 0 heterocycles. The van der Waals surface area contributed by atoms with Crippen LogP contribution in [0.2, 0.25) is 0 Å². The van der Waals surface area contributed by atoms with E-state index >= 15 is 0 Å². The first-order valence-electron chi connectivity index (χ1n) is 11.2. The standard InChI is InChI=1S/C18H16F25N2O2S/c1-45(2,3)6-4-5-44-48(46,47)18(42,43)16(37,38)14(33,34)12(29,30)10(25,26)8(21,22)7(19,20)9(23,24)11(27,28)13(31,32)15(35,36)17(39,40)41/h44H,4-6H2,1-3H3/q+1. The lowest BCUT2D eigenvalue weighted by Crippen LogP contribution is -2.78. The van der Waals surface area contributed by atoms with Crippen LogP contribution >= 0.6 is 0 Å². The number of hydrogen-bond donors (Lipinski definition) is 1. The molecule has 0 aliphatic heterocycles. The molecule has 0 saturated carbocycles. The van der Waals surface area contributed by atoms with Gasteiger partial charge >= 0.3 is 70.7 Å². The Balaban J connectivity index is 7.21. The molecule has 0 amide bonds. The Hall–Kier alpha value is -1.88. The summed E-state index contributed by atoms with van der Waals surface area (Å²) in [7, 11) is -3.66. The van der Waals surface area contributed by atoms with Crippen LogP contribution in [0, 0.1) is 0 Å². The van der Waals surface area contributed by atoms with Gasteiger partial charge in [-0.2, -0.15) is 110 Å². The van der Waals surface area contributed by atoms with E-state index in [4.69, 9.17) is 0 Å². The maximum Gasteiger partial charge on any atom is 0.460 e. The molecule has 0 aromatic rings. The van der Waals surface area contributed by atoms with Gasteiger partial charge in [0.2, 0.25) is 0 Å². The Morgan fingerprint density at radius 1 is 0.417 bits per heavy atom. The van der Waals surface area contributed by atoms with Crippen molar-refractivity contribution in [3.8, 4) is 0 Å². The van der Waals surface area contributed by atoms with E-state index in [1.807, 2.05) is 0 Å². The second kappa shape index (κ2) is 11.8. The molecule has 0 aliphatic rings. The minimum absolute atomic E-state index is 0.181. The van der Waals surface area contributed by atoms with E-state index < -0.39 is 93.6 Å². The summed E-state index contributed by atoms with van der Waals surface area (Å²) < 4.78 is 360. The quantitative estimate of drug-likeness (QED) is 0.1000. The van der Waals surface area contributed by atoms with Crippen LogP contribution in [0.1, 0.15) is 6.42 Å². The second-order valence-corrected chi connectivity index (χ2v) is 12.3. The molecule has 0 atom stereocenters. The zero-order valence-electron chi connectivity index (χ0n) is 22.7. The molecule has 0 aromatic carbocycles. The molecule has 0 spiro atoms. The van der Waals surface area contributed by atoms with Crippen molar-refractivity contribution < 1.29 is 123 Å². The predicted molar refractivity (Wildman–Crippen MR) is 105 cm³/mol. The Kier molecular flexibility index (Phi) is 11.4. The minimum Gasteiger partial charge on any atom is -0.331 e. The van der Waals surface area contributed by atoms with E-state index in [1.165, 1.54) is 21.1 Å². The number of nitrogens with zero attached hydrogens (tertiary/aromatic N) is 1.